The Morgan fingerprint density at radius 3 is 2.90 bits per heavy atom. The average Bonchev–Trinajstić information content (AvgIpc) is 2.87. The van der Waals surface area contributed by atoms with E-state index in [4.69, 9.17) is 4.74 Å². The Morgan fingerprint density at radius 2 is 2.25 bits per heavy atom. The van der Waals surface area contributed by atoms with E-state index >= 15 is 0 Å². The summed E-state index contributed by atoms with van der Waals surface area (Å²) in [5.41, 5.74) is 0.786. The van der Waals surface area contributed by atoms with Crippen molar-refractivity contribution in [3.63, 3.8) is 0 Å². The third-order valence-corrected chi connectivity index (χ3v) is 3.55. The van der Waals surface area contributed by atoms with Crippen LogP contribution < -0.4 is 10.0 Å². The van der Waals surface area contributed by atoms with Crippen LogP contribution in [-0.4, -0.2) is 39.8 Å². The molecule has 0 bridgehead atoms. The van der Waals surface area contributed by atoms with Crippen LogP contribution in [0.2, 0.25) is 0 Å². The number of carbonyl (C=O) groups is 1. The van der Waals surface area contributed by atoms with Crippen molar-refractivity contribution < 1.29 is 17.9 Å². The molecule has 1 aromatic rings. The molecule has 1 aliphatic rings. The first kappa shape index (κ1) is 14.8. The molecule has 20 heavy (non-hydrogen) atoms. The smallest absolute Gasteiger partial charge is 0.251 e. The highest BCUT2D eigenvalue weighted by atomic mass is 32.2. The van der Waals surface area contributed by atoms with Gasteiger partial charge in [0.05, 0.1) is 12.4 Å². The molecule has 0 spiro atoms. The van der Waals surface area contributed by atoms with Gasteiger partial charge in [-0.15, -0.1) is 0 Å². The topological polar surface area (TPSA) is 84.5 Å². The largest absolute Gasteiger partial charge is 0.376 e. The number of nitrogens with one attached hydrogen (secondary N) is 2. The van der Waals surface area contributed by atoms with Gasteiger partial charge >= 0.3 is 0 Å². The van der Waals surface area contributed by atoms with E-state index in [0.29, 0.717) is 17.8 Å². The molecule has 7 heteroatoms. The molecule has 1 fully saturated rings. The fraction of sp³-hybridized carbons (Fsp3) is 0.462. The molecule has 2 N–H and O–H groups in total. The first-order valence-electron chi connectivity index (χ1n) is 6.42. The highest BCUT2D eigenvalue weighted by molar-refractivity contribution is 7.92. The van der Waals surface area contributed by atoms with Gasteiger partial charge in [0.25, 0.3) is 5.91 Å². The van der Waals surface area contributed by atoms with E-state index in [2.05, 4.69) is 10.0 Å². The van der Waals surface area contributed by atoms with E-state index in [1.807, 2.05) is 0 Å². The molecule has 1 atom stereocenters. The van der Waals surface area contributed by atoms with E-state index in [1.165, 1.54) is 6.07 Å². The maximum Gasteiger partial charge on any atom is 0.251 e. The number of ether oxygens (including phenoxy) is 1. The molecule has 2 rings (SSSR count). The standard InChI is InChI=1S/C13H18N2O4S/c1-20(17,18)15-11-5-2-4-10(8-11)13(16)14-9-12-6-3-7-19-12/h2,4-5,8,12,15H,3,6-7,9H2,1H3,(H,14,16)/t12-/m1/s1. The Bertz CT molecular complexity index is 580. The summed E-state index contributed by atoms with van der Waals surface area (Å²) in [6, 6.07) is 6.37. The van der Waals surface area contributed by atoms with Crippen LogP contribution in [0, 0.1) is 0 Å². The lowest BCUT2D eigenvalue weighted by atomic mass is 10.2. The molecule has 0 unspecified atom stereocenters. The van der Waals surface area contributed by atoms with E-state index in [0.717, 1.165) is 25.7 Å². The highest BCUT2D eigenvalue weighted by Crippen LogP contribution is 2.13. The SMILES string of the molecule is CS(=O)(=O)Nc1cccc(C(=O)NC[C@H]2CCCO2)c1. The maximum atomic E-state index is 12.0. The van der Waals surface area contributed by atoms with Gasteiger partial charge in [-0.25, -0.2) is 8.42 Å². The zero-order chi connectivity index (χ0) is 14.6. The zero-order valence-corrected chi connectivity index (χ0v) is 12.1. The molecule has 1 amide bonds. The van der Waals surface area contributed by atoms with Gasteiger partial charge in [0.15, 0.2) is 0 Å². The molecule has 0 radical (unpaired) electrons. The lowest BCUT2D eigenvalue weighted by Gasteiger charge is -2.11. The van der Waals surface area contributed by atoms with E-state index in [9.17, 15) is 13.2 Å². The summed E-state index contributed by atoms with van der Waals surface area (Å²) >= 11 is 0. The minimum atomic E-state index is -3.35. The van der Waals surface area contributed by atoms with Gasteiger partial charge in [0, 0.05) is 24.4 Å². The molecule has 1 saturated heterocycles. The van der Waals surface area contributed by atoms with Gasteiger partial charge in [-0.05, 0) is 31.0 Å². The number of carbonyl (C=O) groups excluding carboxylic acids is 1. The molecule has 110 valence electrons. The Kier molecular flexibility index (Phi) is 4.61. The van der Waals surface area contributed by atoms with Crippen LogP contribution in [0.3, 0.4) is 0 Å². The van der Waals surface area contributed by atoms with Crippen LogP contribution in [0.5, 0.6) is 0 Å². The third-order valence-electron chi connectivity index (χ3n) is 2.94. The third kappa shape index (κ3) is 4.50. The summed E-state index contributed by atoms with van der Waals surface area (Å²) < 4.78 is 30.1. The van der Waals surface area contributed by atoms with Crippen molar-refractivity contribution in [2.45, 2.75) is 18.9 Å². The Hall–Kier alpha value is -1.60. The van der Waals surface area contributed by atoms with E-state index in [1.54, 1.807) is 18.2 Å². The van der Waals surface area contributed by atoms with Gasteiger partial charge in [-0.1, -0.05) is 6.07 Å². The van der Waals surface area contributed by atoms with Crippen LogP contribution in [0.1, 0.15) is 23.2 Å². The summed E-state index contributed by atoms with van der Waals surface area (Å²) in [6.07, 6.45) is 3.12. The quantitative estimate of drug-likeness (QED) is 0.848. The molecule has 0 aromatic heterocycles. The van der Waals surface area contributed by atoms with Crippen molar-refractivity contribution in [2.24, 2.45) is 0 Å². The van der Waals surface area contributed by atoms with Crippen LogP contribution in [0.25, 0.3) is 0 Å². The predicted octanol–water partition coefficient (Wildman–Crippen LogP) is 0.967. The summed E-state index contributed by atoms with van der Waals surface area (Å²) in [5.74, 6) is -0.238. The average molecular weight is 298 g/mol. The van der Waals surface area contributed by atoms with Crippen LogP contribution in [0.15, 0.2) is 24.3 Å². The number of anilines is 1. The normalized spacial score (nSPS) is 18.8. The fourth-order valence-corrected chi connectivity index (χ4v) is 2.61. The van der Waals surface area contributed by atoms with Gasteiger partial charge in [0.2, 0.25) is 10.0 Å². The summed E-state index contributed by atoms with van der Waals surface area (Å²) in [5, 5.41) is 2.79. The van der Waals surface area contributed by atoms with Crippen LogP contribution >= 0.6 is 0 Å². The number of amides is 1. The van der Waals surface area contributed by atoms with Crippen molar-refractivity contribution in [3.8, 4) is 0 Å². The Morgan fingerprint density at radius 1 is 1.45 bits per heavy atom. The lowest BCUT2D eigenvalue weighted by Crippen LogP contribution is -2.31. The molecule has 0 aliphatic carbocycles. The van der Waals surface area contributed by atoms with Crippen molar-refractivity contribution in [2.75, 3.05) is 24.1 Å². The number of sulfonamides is 1. The molecule has 1 heterocycles. The highest BCUT2D eigenvalue weighted by Gasteiger charge is 2.16. The van der Waals surface area contributed by atoms with Gasteiger partial charge in [-0.3, -0.25) is 9.52 Å². The van der Waals surface area contributed by atoms with E-state index in [-0.39, 0.29) is 12.0 Å². The van der Waals surface area contributed by atoms with Crippen molar-refractivity contribution in [1.82, 2.24) is 5.32 Å². The van der Waals surface area contributed by atoms with Gasteiger partial charge < -0.3 is 10.1 Å². The minimum Gasteiger partial charge on any atom is -0.376 e. The first-order chi connectivity index (χ1) is 9.44. The Balaban J connectivity index is 1.96. The predicted molar refractivity (Wildman–Crippen MR) is 76.2 cm³/mol. The monoisotopic (exact) mass is 298 g/mol. The maximum absolute atomic E-state index is 12.0. The van der Waals surface area contributed by atoms with Crippen molar-refractivity contribution >= 4 is 21.6 Å². The number of rotatable bonds is 5. The van der Waals surface area contributed by atoms with Gasteiger partial charge in [0.1, 0.15) is 0 Å². The Labute approximate surface area is 118 Å². The molecular weight excluding hydrogens is 280 g/mol. The first-order valence-corrected chi connectivity index (χ1v) is 8.31. The second-order valence-corrected chi connectivity index (χ2v) is 6.55. The molecule has 6 nitrogen and oxygen atoms in total. The fourth-order valence-electron chi connectivity index (χ4n) is 2.05. The summed E-state index contributed by atoms with van der Waals surface area (Å²) in [6.45, 7) is 1.22. The number of hydrogen-bond acceptors (Lipinski definition) is 4. The lowest BCUT2D eigenvalue weighted by molar-refractivity contribution is 0.0858. The summed E-state index contributed by atoms with van der Waals surface area (Å²) in [4.78, 5) is 12.0. The van der Waals surface area contributed by atoms with E-state index < -0.39 is 10.0 Å². The molecule has 0 saturated carbocycles. The van der Waals surface area contributed by atoms with Crippen LogP contribution in [-0.2, 0) is 14.8 Å². The number of hydrogen-bond donors (Lipinski definition) is 2. The van der Waals surface area contributed by atoms with Gasteiger partial charge in [-0.2, -0.15) is 0 Å². The zero-order valence-electron chi connectivity index (χ0n) is 11.3. The molecule has 1 aromatic carbocycles. The van der Waals surface area contributed by atoms with Crippen LogP contribution in [0.4, 0.5) is 5.69 Å². The number of benzene rings is 1. The van der Waals surface area contributed by atoms with Crippen molar-refractivity contribution in [3.05, 3.63) is 29.8 Å². The minimum absolute atomic E-state index is 0.0799. The molecule has 1 aliphatic heterocycles. The second kappa shape index (κ2) is 6.23. The second-order valence-electron chi connectivity index (χ2n) is 4.80. The summed E-state index contributed by atoms with van der Waals surface area (Å²) in [7, 11) is -3.35. The molecular formula is C13H18N2O4S. The van der Waals surface area contributed by atoms with Crippen molar-refractivity contribution in [1.29, 1.82) is 0 Å².